The third-order valence-corrected chi connectivity index (χ3v) is 2.82. The van der Waals surface area contributed by atoms with Gasteiger partial charge in [0.15, 0.2) is 0 Å². The van der Waals surface area contributed by atoms with E-state index in [4.69, 9.17) is 4.74 Å². The molecule has 0 unspecified atom stereocenters. The summed E-state index contributed by atoms with van der Waals surface area (Å²) in [6, 6.07) is 7.50. The van der Waals surface area contributed by atoms with E-state index in [1.54, 1.807) is 12.1 Å². The van der Waals surface area contributed by atoms with Crippen molar-refractivity contribution < 1.29 is 9.53 Å². The number of rotatable bonds is 4. The number of carbonyl (C=O) groups excluding carboxylic acids is 1. The molecule has 0 saturated carbocycles. The molecule has 17 heavy (non-hydrogen) atoms. The predicted molar refractivity (Wildman–Crippen MR) is 66.4 cm³/mol. The lowest BCUT2D eigenvalue weighted by atomic mass is 10.2. The van der Waals surface area contributed by atoms with Crippen LogP contribution in [0.15, 0.2) is 24.3 Å². The summed E-state index contributed by atoms with van der Waals surface area (Å²) in [5.74, 6) is 0.785. The fourth-order valence-electron chi connectivity index (χ4n) is 1.92. The largest absolute Gasteiger partial charge is 0.494 e. The van der Waals surface area contributed by atoms with Gasteiger partial charge < -0.3 is 15.4 Å². The van der Waals surface area contributed by atoms with Crippen LogP contribution in [-0.2, 0) is 0 Å². The molecule has 1 saturated heterocycles. The summed E-state index contributed by atoms with van der Waals surface area (Å²) in [6.45, 7) is 4.42. The van der Waals surface area contributed by atoms with Gasteiger partial charge in [-0.25, -0.2) is 0 Å². The Hall–Kier alpha value is -1.55. The minimum absolute atomic E-state index is 0.0123. The highest BCUT2D eigenvalue weighted by Gasteiger charge is 2.17. The average molecular weight is 234 g/mol. The second-order valence-electron chi connectivity index (χ2n) is 4.12. The second kappa shape index (κ2) is 5.68. The standard InChI is InChI=1S/C13H18N2O2/c1-2-17-12-5-3-10(4-6-12)13(16)15-11-7-8-14-9-11/h3-6,11,14H,2,7-9H2,1H3,(H,15,16)/t11-/m1/s1. The highest BCUT2D eigenvalue weighted by Crippen LogP contribution is 2.12. The topological polar surface area (TPSA) is 50.4 Å². The summed E-state index contributed by atoms with van der Waals surface area (Å²) in [5.41, 5.74) is 0.681. The smallest absolute Gasteiger partial charge is 0.251 e. The van der Waals surface area contributed by atoms with Crippen LogP contribution in [0, 0.1) is 0 Å². The Bertz CT molecular complexity index is 370. The predicted octanol–water partition coefficient (Wildman–Crippen LogP) is 1.18. The van der Waals surface area contributed by atoms with E-state index in [0.29, 0.717) is 12.2 Å². The van der Waals surface area contributed by atoms with Crippen molar-refractivity contribution in [2.45, 2.75) is 19.4 Å². The SMILES string of the molecule is CCOc1ccc(C(=O)N[C@@H]2CCNC2)cc1. The Morgan fingerprint density at radius 2 is 2.24 bits per heavy atom. The van der Waals surface area contributed by atoms with E-state index in [-0.39, 0.29) is 11.9 Å². The summed E-state index contributed by atoms with van der Waals surface area (Å²) in [5, 5.41) is 6.22. The summed E-state index contributed by atoms with van der Waals surface area (Å²) in [7, 11) is 0. The Morgan fingerprint density at radius 1 is 1.47 bits per heavy atom. The second-order valence-corrected chi connectivity index (χ2v) is 4.12. The van der Waals surface area contributed by atoms with Gasteiger partial charge in [0.25, 0.3) is 5.91 Å². The molecule has 1 atom stereocenters. The molecule has 0 spiro atoms. The van der Waals surface area contributed by atoms with Crippen molar-refractivity contribution in [3.8, 4) is 5.75 Å². The monoisotopic (exact) mass is 234 g/mol. The van der Waals surface area contributed by atoms with Crippen LogP contribution < -0.4 is 15.4 Å². The van der Waals surface area contributed by atoms with Crippen LogP contribution in [0.4, 0.5) is 0 Å². The van der Waals surface area contributed by atoms with Gasteiger partial charge in [-0.1, -0.05) is 0 Å². The minimum Gasteiger partial charge on any atom is -0.494 e. The lowest BCUT2D eigenvalue weighted by Crippen LogP contribution is -2.36. The normalized spacial score (nSPS) is 19.0. The maximum absolute atomic E-state index is 11.9. The molecule has 1 fully saturated rings. The Labute approximate surface area is 101 Å². The molecule has 0 radical (unpaired) electrons. The number of benzene rings is 1. The Kier molecular flexibility index (Phi) is 3.98. The maximum atomic E-state index is 11.9. The number of carbonyl (C=O) groups is 1. The summed E-state index contributed by atoms with van der Waals surface area (Å²) in [6.07, 6.45) is 1.00. The Balaban J connectivity index is 1.93. The van der Waals surface area contributed by atoms with E-state index in [9.17, 15) is 4.79 Å². The van der Waals surface area contributed by atoms with Crippen molar-refractivity contribution in [2.75, 3.05) is 19.7 Å². The molecular formula is C13H18N2O2. The number of hydrogen-bond acceptors (Lipinski definition) is 3. The molecule has 4 heteroatoms. The zero-order valence-electron chi connectivity index (χ0n) is 10.0. The lowest BCUT2D eigenvalue weighted by molar-refractivity contribution is 0.0940. The van der Waals surface area contributed by atoms with E-state index >= 15 is 0 Å². The molecule has 1 aliphatic rings. The van der Waals surface area contributed by atoms with Crippen LogP contribution in [0.3, 0.4) is 0 Å². The number of amides is 1. The minimum atomic E-state index is -0.0123. The molecule has 92 valence electrons. The van der Waals surface area contributed by atoms with E-state index in [2.05, 4.69) is 10.6 Å². The quantitative estimate of drug-likeness (QED) is 0.822. The fourth-order valence-corrected chi connectivity index (χ4v) is 1.92. The molecule has 4 nitrogen and oxygen atoms in total. The Morgan fingerprint density at radius 3 is 2.82 bits per heavy atom. The molecule has 0 bridgehead atoms. The van der Waals surface area contributed by atoms with Crippen LogP contribution in [0.5, 0.6) is 5.75 Å². The molecule has 1 aromatic rings. The summed E-state index contributed by atoms with van der Waals surface area (Å²) >= 11 is 0. The van der Waals surface area contributed by atoms with Crippen LogP contribution in [-0.4, -0.2) is 31.6 Å². The molecule has 1 heterocycles. The molecule has 1 amide bonds. The van der Waals surface area contributed by atoms with Crippen LogP contribution in [0.25, 0.3) is 0 Å². The molecular weight excluding hydrogens is 216 g/mol. The van der Waals surface area contributed by atoms with Crippen LogP contribution in [0.1, 0.15) is 23.7 Å². The molecule has 1 aromatic carbocycles. The number of ether oxygens (including phenoxy) is 1. The van der Waals surface area contributed by atoms with E-state index in [1.807, 2.05) is 19.1 Å². The van der Waals surface area contributed by atoms with Gasteiger partial charge in [0, 0.05) is 18.2 Å². The van der Waals surface area contributed by atoms with E-state index < -0.39 is 0 Å². The molecule has 0 aliphatic carbocycles. The third-order valence-electron chi connectivity index (χ3n) is 2.82. The van der Waals surface area contributed by atoms with Crippen molar-refractivity contribution in [2.24, 2.45) is 0 Å². The van der Waals surface area contributed by atoms with Gasteiger partial charge in [-0.3, -0.25) is 4.79 Å². The van der Waals surface area contributed by atoms with Crippen molar-refractivity contribution in [1.82, 2.24) is 10.6 Å². The molecule has 2 rings (SSSR count). The third kappa shape index (κ3) is 3.20. The first kappa shape index (κ1) is 11.9. The zero-order chi connectivity index (χ0) is 12.1. The zero-order valence-corrected chi connectivity index (χ0v) is 10.0. The maximum Gasteiger partial charge on any atom is 0.251 e. The first-order valence-corrected chi connectivity index (χ1v) is 6.04. The first-order chi connectivity index (χ1) is 8.29. The van der Waals surface area contributed by atoms with Gasteiger partial charge in [-0.15, -0.1) is 0 Å². The van der Waals surface area contributed by atoms with Gasteiger partial charge in [-0.2, -0.15) is 0 Å². The average Bonchev–Trinajstić information content (AvgIpc) is 2.83. The van der Waals surface area contributed by atoms with Gasteiger partial charge >= 0.3 is 0 Å². The molecule has 2 N–H and O–H groups in total. The molecule has 1 aliphatic heterocycles. The van der Waals surface area contributed by atoms with Crippen molar-refractivity contribution in [3.05, 3.63) is 29.8 Å². The van der Waals surface area contributed by atoms with Gasteiger partial charge in [-0.05, 0) is 44.2 Å². The van der Waals surface area contributed by atoms with Crippen molar-refractivity contribution in [3.63, 3.8) is 0 Å². The lowest BCUT2D eigenvalue weighted by Gasteiger charge is -2.11. The first-order valence-electron chi connectivity index (χ1n) is 6.04. The highest BCUT2D eigenvalue weighted by molar-refractivity contribution is 5.94. The number of nitrogens with one attached hydrogen (secondary N) is 2. The van der Waals surface area contributed by atoms with E-state index in [1.165, 1.54) is 0 Å². The highest BCUT2D eigenvalue weighted by atomic mass is 16.5. The van der Waals surface area contributed by atoms with Gasteiger partial charge in [0.1, 0.15) is 5.75 Å². The van der Waals surface area contributed by atoms with Crippen molar-refractivity contribution in [1.29, 1.82) is 0 Å². The van der Waals surface area contributed by atoms with Crippen LogP contribution >= 0.6 is 0 Å². The number of hydrogen-bond donors (Lipinski definition) is 2. The molecule has 0 aromatic heterocycles. The fraction of sp³-hybridized carbons (Fsp3) is 0.462. The van der Waals surface area contributed by atoms with E-state index in [0.717, 1.165) is 25.3 Å². The summed E-state index contributed by atoms with van der Waals surface area (Å²) in [4.78, 5) is 11.9. The van der Waals surface area contributed by atoms with Crippen molar-refractivity contribution >= 4 is 5.91 Å². The van der Waals surface area contributed by atoms with Gasteiger partial charge in [0.05, 0.1) is 6.61 Å². The van der Waals surface area contributed by atoms with Gasteiger partial charge in [0.2, 0.25) is 0 Å². The van der Waals surface area contributed by atoms with Crippen LogP contribution in [0.2, 0.25) is 0 Å². The summed E-state index contributed by atoms with van der Waals surface area (Å²) < 4.78 is 5.33.